The molecular formula is C10H15N3O3. The summed E-state index contributed by atoms with van der Waals surface area (Å²) in [6.07, 6.45) is 2.07. The van der Waals surface area contributed by atoms with Gasteiger partial charge < -0.3 is 10.4 Å². The van der Waals surface area contributed by atoms with Crippen LogP contribution in [0.4, 0.5) is 5.82 Å². The Kier molecular flexibility index (Phi) is 4.04. The molecule has 0 radical (unpaired) electrons. The number of nitrogens with one attached hydrogen (secondary N) is 2. The maximum absolute atomic E-state index is 11.4. The first-order valence-corrected chi connectivity index (χ1v) is 5.14. The van der Waals surface area contributed by atoms with Crippen LogP contribution >= 0.6 is 0 Å². The number of aromatic carboxylic acids is 1. The highest BCUT2D eigenvalue weighted by molar-refractivity contribution is 6.00. The molecule has 0 saturated heterocycles. The summed E-state index contributed by atoms with van der Waals surface area (Å²) < 4.78 is 0. The van der Waals surface area contributed by atoms with Gasteiger partial charge in [-0.15, -0.1) is 0 Å². The number of carbonyl (C=O) groups is 2. The van der Waals surface area contributed by atoms with Crippen LogP contribution < -0.4 is 5.32 Å². The summed E-state index contributed by atoms with van der Waals surface area (Å²) in [6.45, 7) is 3.58. The number of rotatable bonds is 5. The Bertz CT molecular complexity index is 398. The van der Waals surface area contributed by atoms with Gasteiger partial charge in [-0.05, 0) is 13.3 Å². The number of aromatic nitrogens is 2. The summed E-state index contributed by atoms with van der Waals surface area (Å²) in [5, 5.41) is 17.7. The first kappa shape index (κ1) is 12.2. The molecule has 88 valence electrons. The largest absolute Gasteiger partial charge is 0.477 e. The molecule has 0 fully saturated rings. The van der Waals surface area contributed by atoms with Crippen LogP contribution in [0.5, 0.6) is 0 Å². The highest BCUT2D eigenvalue weighted by atomic mass is 16.4. The zero-order chi connectivity index (χ0) is 12.1. The molecule has 0 unspecified atom stereocenters. The fourth-order valence-electron chi connectivity index (χ4n) is 1.31. The van der Waals surface area contributed by atoms with Crippen molar-refractivity contribution in [1.29, 1.82) is 0 Å². The molecule has 0 bridgehead atoms. The van der Waals surface area contributed by atoms with Gasteiger partial charge in [-0.1, -0.05) is 13.3 Å². The predicted octanol–water partition coefficient (Wildman–Crippen LogP) is 1.55. The van der Waals surface area contributed by atoms with Gasteiger partial charge in [0.05, 0.1) is 0 Å². The van der Waals surface area contributed by atoms with Crippen LogP contribution in [0.2, 0.25) is 0 Å². The third kappa shape index (κ3) is 2.82. The second kappa shape index (κ2) is 5.29. The topological polar surface area (TPSA) is 95.1 Å². The van der Waals surface area contributed by atoms with Crippen molar-refractivity contribution in [3.63, 3.8) is 0 Å². The molecule has 1 amide bonds. The number of H-pyrrole nitrogens is 1. The molecular weight excluding hydrogens is 210 g/mol. The summed E-state index contributed by atoms with van der Waals surface area (Å²) in [5.74, 6) is -1.22. The molecule has 16 heavy (non-hydrogen) atoms. The van der Waals surface area contributed by atoms with E-state index >= 15 is 0 Å². The highest BCUT2D eigenvalue weighted by Crippen LogP contribution is 2.16. The fourth-order valence-corrected chi connectivity index (χ4v) is 1.31. The lowest BCUT2D eigenvalue weighted by atomic mass is 10.2. The zero-order valence-corrected chi connectivity index (χ0v) is 9.33. The molecule has 0 aliphatic heterocycles. The van der Waals surface area contributed by atoms with E-state index in [9.17, 15) is 9.59 Å². The minimum atomic E-state index is -1.10. The van der Waals surface area contributed by atoms with E-state index in [-0.39, 0.29) is 17.3 Å². The Labute approximate surface area is 93.1 Å². The van der Waals surface area contributed by atoms with Gasteiger partial charge in [0.1, 0.15) is 5.56 Å². The average Bonchev–Trinajstić information content (AvgIpc) is 2.56. The number of carboxylic acids is 1. The molecule has 6 heteroatoms. The van der Waals surface area contributed by atoms with Crippen LogP contribution in [0, 0.1) is 6.92 Å². The Hall–Kier alpha value is -1.85. The summed E-state index contributed by atoms with van der Waals surface area (Å²) in [6, 6.07) is 0. The van der Waals surface area contributed by atoms with Crippen LogP contribution in [0.1, 0.15) is 42.2 Å². The van der Waals surface area contributed by atoms with Crippen molar-refractivity contribution in [3.8, 4) is 0 Å². The van der Waals surface area contributed by atoms with E-state index in [2.05, 4.69) is 15.5 Å². The number of nitrogens with zero attached hydrogens (tertiary/aromatic N) is 1. The van der Waals surface area contributed by atoms with E-state index in [0.29, 0.717) is 12.1 Å². The molecule has 0 aliphatic carbocycles. The average molecular weight is 225 g/mol. The highest BCUT2D eigenvalue weighted by Gasteiger charge is 2.18. The van der Waals surface area contributed by atoms with Crippen LogP contribution in [-0.2, 0) is 4.79 Å². The predicted molar refractivity (Wildman–Crippen MR) is 58.4 cm³/mol. The van der Waals surface area contributed by atoms with Crippen LogP contribution in [0.15, 0.2) is 0 Å². The van der Waals surface area contributed by atoms with Crippen molar-refractivity contribution in [1.82, 2.24) is 10.2 Å². The first-order valence-electron chi connectivity index (χ1n) is 5.14. The van der Waals surface area contributed by atoms with Gasteiger partial charge in [0.15, 0.2) is 5.82 Å². The summed E-state index contributed by atoms with van der Waals surface area (Å²) in [7, 11) is 0. The van der Waals surface area contributed by atoms with Gasteiger partial charge in [-0.3, -0.25) is 9.89 Å². The van der Waals surface area contributed by atoms with Crippen molar-refractivity contribution >= 4 is 17.7 Å². The van der Waals surface area contributed by atoms with Gasteiger partial charge in [-0.25, -0.2) is 4.79 Å². The number of aryl methyl sites for hydroxylation is 1. The zero-order valence-electron chi connectivity index (χ0n) is 9.33. The molecule has 0 aliphatic rings. The Morgan fingerprint density at radius 1 is 1.50 bits per heavy atom. The molecule has 0 saturated carbocycles. The van der Waals surface area contributed by atoms with Crippen molar-refractivity contribution in [2.45, 2.75) is 33.1 Å². The summed E-state index contributed by atoms with van der Waals surface area (Å²) >= 11 is 0. The third-order valence-electron chi connectivity index (χ3n) is 2.18. The lowest BCUT2D eigenvalue weighted by Gasteiger charge is -2.02. The van der Waals surface area contributed by atoms with E-state index in [0.717, 1.165) is 12.8 Å². The number of carbonyl (C=O) groups excluding carboxylic acids is 1. The Morgan fingerprint density at radius 2 is 2.19 bits per heavy atom. The Balaban J connectivity index is 2.74. The van der Waals surface area contributed by atoms with E-state index < -0.39 is 5.97 Å². The maximum atomic E-state index is 11.4. The molecule has 0 aromatic carbocycles. The molecule has 0 atom stereocenters. The summed E-state index contributed by atoms with van der Waals surface area (Å²) in [4.78, 5) is 22.3. The second-order valence-electron chi connectivity index (χ2n) is 3.53. The molecule has 3 N–H and O–H groups in total. The monoisotopic (exact) mass is 225 g/mol. The lowest BCUT2D eigenvalue weighted by molar-refractivity contribution is -0.116. The number of unbranched alkanes of at least 4 members (excludes halogenated alkanes) is 1. The minimum absolute atomic E-state index is 0.0184. The normalized spacial score (nSPS) is 10.1. The van der Waals surface area contributed by atoms with Crippen LogP contribution in [0.25, 0.3) is 0 Å². The molecule has 0 spiro atoms. The molecule has 1 aromatic heterocycles. The Morgan fingerprint density at radius 3 is 2.75 bits per heavy atom. The van der Waals surface area contributed by atoms with E-state index in [4.69, 9.17) is 5.11 Å². The van der Waals surface area contributed by atoms with Gasteiger partial charge in [0.25, 0.3) is 0 Å². The molecule has 1 heterocycles. The van der Waals surface area contributed by atoms with E-state index in [1.807, 2.05) is 6.92 Å². The maximum Gasteiger partial charge on any atom is 0.341 e. The van der Waals surface area contributed by atoms with E-state index in [1.165, 1.54) is 0 Å². The number of hydrogen-bond donors (Lipinski definition) is 3. The van der Waals surface area contributed by atoms with Crippen molar-refractivity contribution in [2.75, 3.05) is 5.32 Å². The SMILES string of the molecule is CCCCC(=O)Nc1n[nH]c(C)c1C(=O)O. The van der Waals surface area contributed by atoms with Crippen molar-refractivity contribution in [2.24, 2.45) is 0 Å². The summed E-state index contributed by atoms with van der Waals surface area (Å²) in [5.41, 5.74) is 0.447. The van der Waals surface area contributed by atoms with Gasteiger partial charge in [0.2, 0.25) is 5.91 Å². The van der Waals surface area contributed by atoms with Crippen molar-refractivity contribution in [3.05, 3.63) is 11.3 Å². The van der Waals surface area contributed by atoms with Gasteiger partial charge >= 0.3 is 5.97 Å². The van der Waals surface area contributed by atoms with Crippen LogP contribution in [0.3, 0.4) is 0 Å². The lowest BCUT2D eigenvalue weighted by Crippen LogP contribution is -2.14. The standard InChI is InChI=1S/C10H15N3O3/c1-3-4-5-7(14)11-9-8(10(15)16)6(2)12-13-9/h3-5H2,1-2H3,(H,15,16)(H2,11,12,13,14). The smallest absolute Gasteiger partial charge is 0.341 e. The quantitative estimate of drug-likeness (QED) is 0.708. The molecule has 1 aromatic rings. The molecule has 6 nitrogen and oxygen atoms in total. The number of anilines is 1. The second-order valence-corrected chi connectivity index (χ2v) is 3.53. The number of amides is 1. The van der Waals surface area contributed by atoms with Gasteiger partial charge in [0, 0.05) is 12.1 Å². The first-order chi connectivity index (χ1) is 7.56. The van der Waals surface area contributed by atoms with Crippen molar-refractivity contribution < 1.29 is 14.7 Å². The minimum Gasteiger partial charge on any atom is -0.477 e. The number of aromatic amines is 1. The fraction of sp³-hybridized carbons (Fsp3) is 0.500. The number of hydrogen-bond acceptors (Lipinski definition) is 3. The van der Waals surface area contributed by atoms with Crippen LogP contribution in [-0.4, -0.2) is 27.2 Å². The number of carboxylic acid groups (broad SMARTS) is 1. The molecule has 1 rings (SSSR count). The van der Waals surface area contributed by atoms with E-state index in [1.54, 1.807) is 6.92 Å². The van der Waals surface area contributed by atoms with Gasteiger partial charge in [-0.2, -0.15) is 5.10 Å². The third-order valence-corrected chi connectivity index (χ3v) is 2.18.